The first-order valence-corrected chi connectivity index (χ1v) is 8.03. The maximum Gasteiger partial charge on any atom is 0.0475 e. The summed E-state index contributed by atoms with van der Waals surface area (Å²) >= 11 is 4.29. The van der Waals surface area contributed by atoms with Crippen molar-refractivity contribution in [2.45, 2.75) is 25.3 Å². The number of nitrogens with zero attached hydrogens (tertiary/aromatic N) is 2. The van der Waals surface area contributed by atoms with Gasteiger partial charge in [-0.15, -0.1) is 0 Å². The lowest BCUT2D eigenvalue weighted by Gasteiger charge is -2.40. The molecular formula is C16H26N2S. The highest BCUT2D eigenvalue weighted by Crippen LogP contribution is 2.25. The Balaban J connectivity index is 1.95. The Hall–Kier alpha value is -0.510. The molecular weight excluding hydrogens is 252 g/mol. The number of benzene rings is 1. The van der Waals surface area contributed by atoms with Gasteiger partial charge < -0.3 is 4.90 Å². The molecule has 0 bridgehead atoms. The van der Waals surface area contributed by atoms with Gasteiger partial charge in [0, 0.05) is 25.7 Å². The van der Waals surface area contributed by atoms with Crippen molar-refractivity contribution in [3.8, 4) is 0 Å². The van der Waals surface area contributed by atoms with Gasteiger partial charge in [-0.1, -0.05) is 36.8 Å². The minimum atomic E-state index is 0.566. The predicted octanol–water partition coefficient (Wildman–Crippen LogP) is 3.08. The zero-order valence-corrected chi connectivity index (χ0v) is 12.9. The summed E-state index contributed by atoms with van der Waals surface area (Å²) in [5.41, 5.74) is 1.46. The van der Waals surface area contributed by atoms with Gasteiger partial charge in [0.05, 0.1) is 0 Å². The number of thiol groups is 1. The third-order valence-electron chi connectivity index (χ3n) is 3.98. The van der Waals surface area contributed by atoms with E-state index in [0.29, 0.717) is 6.04 Å². The van der Waals surface area contributed by atoms with Crippen LogP contribution in [0.1, 0.15) is 30.9 Å². The standard InChI is InChI=1S/C16H26N2S/c1-17-11-12-18(10-6-3-7-13-19)16(14-17)15-8-4-2-5-9-15/h2,4-5,8-9,16,19H,3,6-7,10-14H2,1H3. The second kappa shape index (κ2) is 7.93. The van der Waals surface area contributed by atoms with E-state index in [1.807, 2.05) is 0 Å². The molecule has 0 aliphatic carbocycles. The van der Waals surface area contributed by atoms with E-state index in [-0.39, 0.29) is 0 Å². The summed E-state index contributed by atoms with van der Waals surface area (Å²) in [4.78, 5) is 5.11. The van der Waals surface area contributed by atoms with Gasteiger partial charge in [-0.3, -0.25) is 4.90 Å². The van der Waals surface area contributed by atoms with E-state index in [9.17, 15) is 0 Å². The summed E-state index contributed by atoms with van der Waals surface area (Å²) in [5, 5.41) is 0. The van der Waals surface area contributed by atoms with Crippen LogP contribution < -0.4 is 0 Å². The Kier molecular flexibility index (Phi) is 6.21. The quantitative estimate of drug-likeness (QED) is 0.631. The largest absolute Gasteiger partial charge is 0.303 e. The van der Waals surface area contributed by atoms with Crippen molar-refractivity contribution < 1.29 is 0 Å². The molecule has 0 amide bonds. The van der Waals surface area contributed by atoms with E-state index in [0.717, 1.165) is 12.3 Å². The topological polar surface area (TPSA) is 6.48 Å². The normalized spacial score (nSPS) is 21.7. The molecule has 1 aliphatic heterocycles. The molecule has 0 aromatic heterocycles. The summed E-state index contributed by atoms with van der Waals surface area (Å²) in [7, 11) is 2.23. The van der Waals surface area contributed by atoms with Crippen molar-refractivity contribution >= 4 is 12.6 Å². The summed E-state index contributed by atoms with van der Waals surface area (Å²) in [6, 6.07) is 11.5. The second-order valence-corrected chi connectivity index (χ2v) is 5.96. The zero-order valence-electron chi connectivity index (χ0n) is 12.0. The molecule has 1 atom stereocenters. The molecule has 1 saturated heterocycles. The van der Waals surface area contributed by atoms with Crippen LogP contribution in [-0.2, 0) is 0 Å². The monoisotopic (exact) mass is 278 g/mol. The highest BCUT2D eigenvalue weighted by molar-refractivity contribution is 7.80. The third kappa shape index (κ3) is 4.51. The summed E-state index contributed by atoms with van der Waals surface area (Å²) < 4.78 is 0. The first-order chi connectivity index (χ1) is 9.31. The molecule has 1 unspecified atom stereocenters. The summed E-state index contributed by atoms with van der Waals surface area (Å²) in [6.45, 7) is 4.75. The predicted molar refractivity (Wildman–Crippen MR) is 86.0 cm³/mol. The van der Waals surface area contributed by atoms with E-state index in [1.54, 1.807) is 0 Å². The molecule has 3 heteroatoms. The molecule has 0 spiro atoms. The molecule has 1 heterocycles. The van der Waals surface area contributed by atoms with Crippen LogP contribution in [0.3, 0.4) is 0 Å². The lowest BCUT2D eigenvalue weighted by molar-refractivity contribution is 0.0883. The van der Waals surface area contributed by atoms with Crippen LogP contribution in [0.15, 0.2) is 30.3 Å². The van der Waals surface area contributed by atoms with Crippen LogP contribution in [0.25, 0.3) is 0 Å². The minimum absolute atomic E-state index is 0.566. The van der Waals surface area contributed by atoms with Gasteiger partial charge in [0.2, 0.25) is 0 Å². The van der Waals surface area contributed by atoms with Crippen LogP contribution in [0, 0.1) is 0 Å². The molecule has 0 N–H and O–H groups in total. The van der Waals surface area contributed by atoms with Crippen LogP contribution in [0.5, 0.6) is 0 Å². The molecule has 1 aliphatic rings. The van der Waals surface area contributed by atoms with E-state index >= 15 is 0 Å². The van der Waals surface area contributed by atoms with Crippen molar-refractivity contribution in [2.24, 2.45) is 0 Å². The van der Waals surface area contributed by atoms with Crippen LogP contribution >= 0.6 is 12.6 Å². The van der Waals surface area contributed by atoms with Gasteiger partial charge in [-0.2, -0.15) is 12.6 Å². The van der Waals surface area contributed by atoms with E-state index < -0.39 is 0 Å². The van der Waals surface area contributed by atoms with Gasteiger partial charge in [-0.25, -0.2) is 0 Å². The minimum Gasteiger partial charge on any atom is -0.303 e. The van der Waals surface area contributed by atoms with Gasteiger partial charge in [0.15, 0.2) is 0 Å². The molecule has 1 fully saturated rings. The highest BCUT2D eigenvalue weighted by atomic mass is 32.1. The number of hydrogen-bond acceptors (Lipinski definition) is 3. The molecule has 0 saturated carbocycles. The average Bonchev–Trinajstić information content (AvgIpc) is 2.46. The molecule has 1 aromatic carbocycles. The Morgan fingerprint density at radius 1 is 1.11 bits per heavy atom. The average molecular weight is 278 g/mol. The van der Waals surface area contributed by atoms with Gasteiger partial charge in [0.25, 0.3) is 0 Å². The molecule has 0 radical (unpaired) electrons. The highest BCUT2D eigenvalue weighted by Gasteiger charge is 2.25. The van der Waals surface area contributed by atoms with Crippen LogP contribution in [0.4, 0.5) is 0 Å². The fourth-order valence-corrected chi connectivity index (χ4v) is 3.04. The Morgan fingerprint density at radius 2 is 1.89 bits per heavy atom. The molecule has 2 nitrogen and oxygen atoms in total. The summed E-state index contributed by atoms with van der Waals surface area (Å²) in [6.07, 6.45) is 3.85. The lowest BCUT2D eigenvalue weighted by Crippen LogP contribution is -2.47. The van der Waals surface area contributed by atoms with E-state index in [1.165, 1.54) is 44.5 Å². The molecule has 19 heavy (non-hydrogen) atoms. The van der Waals surface area contributed by atoms with E-state index in [4.69, 9.17) is 0 Å². The maximum atomic E-state index is 4.29. The number of piperazine rings is 1. The first-order valence-electron chi connectivity index (χ1n) is 7.39. The van der Waals surface area contributed by atoms with E-state index in [2.05, 4.69) is 59.8 Å². The Labute approximate surface area is 123 Å². The lowest BCUT2D eigenvalue weighted by atomic mass is 10.0. The third-order valence-corrected chi connectivity index (χ3v) is 4.30. The SMILES string of the molecule is CN1CCN(CCCCCS)C(c2ccccc2)C1. The molecule has 2 rings (SSSR count). The first kappa shape index (κ1) is 14.9. The number of hydrogen-bond donors (Lipinski definition) is 1. The van der Waals surface area contributed by atoms with Gasteiger partial charge in [-0.05, 0) is 37.8 Å². The van der Waals surface area contributed by atoms with Crippen LogP contribution in [-0.4, -0.2) is 48.8 Å². The van der Waals surface area contributed by atoms with Gasteiger partial charge >= 0.3 is 0 Å². The number of likely N-dealkylation sites (N-methyl/N-ethyl adjacent to an activating group) is 1. The van der Waals surface area contributed by atoms with Crippen molar-refractivity contribution in [3.63, 3.8) is 0 Å². The molecule has 1 aromatic rings. The Morgan fingerprint density at radius 3 is 2.63 bits per heavy atom. The fourth-order valence-electron chi connectivity index (χ4n) is 2.82. The van der Waals surface area contributed by atoms with Crippen molar-refractivity contribution in [2.75, 3.05) is 39.0 Å². The van der Waals surface area contributed by atoms with Crippen molar-refractivity contribution in [1.29, 1.82) is 0 Å². The van der Waals surface area contributed by atoms with Gasteiger partial charge in [0.1, 0.15) is 0 Å². The maximum absolute atomic E-state index is 4.29. The smallest absolute Gasteiger partial charge is 0.0475 e. The fraction of sp³-hybridized carbons (Fsp3) is 0.625. The molecule has 106 valence electrons. The zero-order chi connectivity index (χ0) is 13.5. The number of rotatable bonds is 6. The van der Waals surface area contributed by atoms with Crippen LogP contribution in [0.2, 0.25) is 0 Å². The Bertz CT molecular complexity index is 355. The number of unbranched alkanes of at least 4 members (excludes halogenated alkanes) is 2. The van der Waals surface area contributed by atoms with Crippen molar-refractivity contribution in [1.82, 2.24) is 9.80 Å². The second-order valence-electron chi connectivity index (χ2n) is 5.51. The van der Waals surface area contributed by atoms with Crippen molar-refractivity contribution in [3.05, 3.63) is 35.9 Å². The summed E-state index contributed by atoms with van der Waals surface area (Å²) in [5.74, 6) is 1.02.